The minimum atomic E-state index is 0.0543. The number of nitrogens with zero attached hydrogens (tertiary/aromatic N) is 4. The summed E-state index contributed by atoms with van der Waals surface area (Å²) in [6.45, 7) is 9.50. The number of nitrogens with one attached hydrogen (secondary N) is 1. The van der Waals surface area contributed by atoms with Gasteiger partial charge in [-0.15, -0.1) is 0 Å². The van der Waals surface area contributed by atoms with Gasteiger partial charge in [0, 0.05) is 38.6 Å². The molecule has 3 heterocycles. The molecule has 6 nitrogen and oxygen atoms in total. The second kappa shape index (κ2) is 4.61. The lowest BCUT2D eigenvalue weighted by atomic mass is 9.89. The Morgan fingerprint density at radius 1 is 1.25 bits per heavy atom. The van der Waals surface area contributed by atoms with E-state index in [-0.39, 0.29) is 17.5 Å². The molecule has 2 aliphatic heterocycles. The van der Waals surface area contributed by atoms with E-state index in [1.54, 1.807) is 0 Å². The number of carbonyl (C=O) groups is 1. The highest BCUT2D eigenvalue weighted by Crippen LogP contribution is 2.22. The van der Waals surface area contributed by atoms with Crippen molar-refractivity contribution in [1.29, 1.82) is 0 Å². The van der Waals surface area contributed by atoms with E-state index in [4.69, 9.17) is 0 Å². The van der Waals surface area contributed by atoms with E-state index >= 15 is 0 Å². The highest BCUT2D eigenvalue weighted by molar-refractivity contribution is 5.77. The molecular weight excluding hydrogens is 254 g/mol. The number of urea groups is 1. The van der Waals surface area contributed by atoms with Crippen LogP contribution in [0.5, 0.6) is 0 Å². The molecule has 0 unspecified atom stereocenters. The van der Waals surface area contributed by atoms with Crippen LogP contribution in [0.25, 0.3) is 0 Å². The van der Waals surface area contributed by atoms with Gasteiger partial charge in [-0.1, -0.05) is 20.8 Å². The van der Waals surface area contributed by atoms with Crippen molar-refractivity contribution in [3.8, 4) is 0 Å². The molecule has 0 aliphatic carbocycles. The molecule has 20 heavy (non-hydrogen) atoms. The number of hydrogen-bond acceptors (Lipinski definition) is 4. The molecule has 0 aromatic carbocycles. The number of piperazine rings is 1. The number of rotatable bonds is 1. The number of fused-ring (bicyclic) bond motifs is 1. The highest BCUT2D eigenvalue weighted by atomic mass is 16.2. The molecule has 2 aliphatic rings. The fraction of sp³-hybridized carbons (Fsp3) is 0.643. The standard InChI is InChI=1S/C14H21N5O/c1-14(2,3)10-6-15-12(16-7-10)18-4-5-19-11(9-18)8-17-13(19)20/h6-7,11H,4-5,8-9H2,1-3H3,(H,17,20)/t11-/m1/s1. The molecular formula is C14H21N5O. The maximum absolute atomic E-state index is 11.6. The summed E-state index contributed by atoms with van der Waals surface area (Å²) in [6, 6.07) is 0.292. The van der Waals surface area contributed by atoms with Gasteiger partial charge in [-0.3, -0.25) is 0 Å². The number of anilines is 1. The first kappa shape index (κ1) is 13.1. The van der Waals surface area contributed by atoms with Crippen molar-refractivity contribution in [2.75, 3.05) is 31.1 Å². The Morgan fingerprint density at radius 2 is 1.95 bits per heavy atom. The molecule has 1 atom stereocenters. The van der Waals surface area contributed by atoms with Crippen LogP contribution in [0.3, 0.4) is 0 Å². The maximum Gasteiger partial charge on any atom is 0.317 e. The number of amides is 2. The molecule has 1 aromatic heterocycles. The summed E-state index contributed by atoms with van der Waals surface area (Å²) in [5, 5.41) is 2.88. The molecule has 6 heteroatoms. The second-order valence-corrected chi connectivity index (χ2v) is 6.50. The van der Waals surface area contributed by atoms with Crippen molar-refractivity contribution >= 4 is 12.0 Å². The van der Waals surface area contributed by atoms with Crippen LogP contribution in [0, 0.1) is 0 Å². The molecule has 1 aromatic rings. The number of carbonyl (C=O) groups excluding carboxylic acids is 1. The van der Waals surface area contributed by atoms with Crippen molar-refractivity contribution in [3.63, 3.8) is 0 Å². The van der Waals surface area contributed by atoms with Gasteiger partial charge in [-0.25, -0.2) is 14.8 Å². The van der Waals surface area contributed by atoms with Gasteiger partial charge >= 0.3 is 6.03 Å². The van der Waals surface area contributed by atoms with Crippen LogP contribution in [-0.2, 0) is 5.41 Å². The summed E-state index contributed by atoms with van der Waals surface area (Å²) < 4.78 is 0. The SMILES string of the molecule is CC(C)(C)c1cnc(N2CCN3C(=O)NC[C@@H]3C2)nc1. The first-order valence-corrected chi connectivity index (χ1v) is 7.07. The molecule has 108 valence electrons. The van der Waals surface area contributed by atoms with Crippen molar-refractivity contribution < 1.29 is 4.79 Å². The van der Waals surface area contributed by atoms with Crippen LogP contribution in [-0.4, -0.2) is 53.1 Å². The zero-order valence-corrected chi connectivity index (χ0v) is 12.3. The molecule has 2 amide bonds. The van der Waals surface area contributed by atoms with Gasteiger partial charge in [-0.05, 0) is 11.0 Å². The van der Waals surface area contributed by atoms with Crippen LogP contribution < -0.4 is 10.2 Å². The summed E-state index contributed by atoms with van der Waals surface area (Å²) in [5.41, 5.74) is 1.21. The van der Waals surface area contributed by atoms with Crippen LogP contribution in [0.4, 0.5) is 10.7 Å². The average Bonchev–Trinajstić information content (AvgIpc) is 2.79. The zero-order chi connectivity index (χ0) is 14.3. The third-order valence-corrected chi connectivity index (χ3v) is 4.02. The average molecular weight is 275 g/mol. The second-order valence-electron chi connectivity index (χ2n) is 6.50. The van der Waals surface area contributed by atoms with Gasteiger partial charge in [0.25, 0.3) is 0 Å². The summed E-state index contributed by atoms with van der Waals surface area (Å²) in [7, 11) is 0. The lowest BCUT2D eigenvalue weighted by molar-refractivity contribution is 0.197. The van der Waals surface area contributed by atoms with Gasteiger partial charge in [0.15, 0.2) is 0 Å². The summed E-state index contributed by atoms with van der Waals surface area (Å²) >= 11 is 0. The Labute approximate surface area is 119 Å². The summed E-state index contributed by atoms with van der Waals surface area (Å²) in [6.07, 6.45) is 3.82. The van der Waals surface area contributed by atoms with Crippen LogP contribution in [0.1, 0.15) is 26.3 Å². The van der Waals surface area contributed by atoms with E-state index in [0.29, 0.717) is 0 Å². The van der Waals surface area contributed by atoms with E-state index in [9.17, 15) is 4.79 Å². The van der Waals surface area contributed by atoms with Crippen molar-refractivity contribution in [2.24, 2.45) is 0 Å². The fourth-order valence-corrected chi connectivity index (χ4v) is 2.66. The summed E-state index contributed by atoms with van der Waals surface area (Å²) in [5.74, 6) is 0.761. The van der Waals surface area contributed by atoms with Crippen LogP contribution >= 0.6 is 0 Å². The third-order valence-electron chi connectivity index (χ3n) is 4.02. The van der Waals surface area contributed by atoms with Gasteiger partial charge in [0.1, 0.15) is 0 Å². The van der Waals surface area contributed by atoms with E-state index in [1.807, 2.05) is 17.3 Å². The van der Waals surface area contributed by atoms with Crippen LogP contribution in [0.2, 0.25) is 0 Å². The van der Waals surface area contributed by atoms with E-state index in [0.717, 1.165) is 37.7 Å². The van der Waals surface area contributed by atoms with Gasteiger partial charge in [-0.2, -0.15) is 0 Å². The smallest absolute Gasteiger partial charge is 0.317 e. The normalized spacial score (nSPS) is 22.8. The predicted octanol–water partition coefficient (Wildman–Crippen LogP) is 0.988. The van der Waals surface area contributed by atoms with Crippen molar-refractivity contribution in [2.45, 2.75) is 32.2 Å². The van der Waals surface area contributed by atoms with Crippen molar-refractivity contribution in [1.82, 2.24) is 20.2 Å². The Morgan fingerprint density at radius 3 is 2.60 bits per heavy atom. The van der Waals surface area contributed by atoms with Gasteiger partial charge in [0.2, 0.25) is 5.95 Å². The molecule has 2 fully saturated rings. The molecule has 2 saturated heterocycles. The van der Waals surface area contributed by atoms with Gasteiger partial charge < -0.3 is 15.1 Å². The summed E-state index contributed by atoms with van der Waals surface area (Å²) in [4.78, 5) is 24.6. The Balaban J connectivity index is 1.73. The maximum atomic E-state index is 11.6. The largest absolute Gasteiger partial charge is 0.337 e. The molecule has 0 saturated carbocycles. The Kier molecular flexibility index (Phi) is 3.03. The predicted molar refractivity (Wildman–Crippen MR) is 76.8 cm³/mol. The topological polar surface area (TPSA) is 61.4 Å². The number of hydrogen-bond donors (Lipinski definition) is 1. The monoisotopic (exact) mass is 275 g/mol. The molecule has 0 bridgehead atoms. The van der Waals surface area contributed by atoms with Gasteiger partial charge in [0.05, 0.1) is 6.04 Å². The lowest BCUT2D eigenvalue weighted by Crippen LogP contribution is -2.52. The highest BCUT2D eigenvalue weighted by Gasteiger charge is 2.36. The minimum Gasteiger partial charge on any atom is -0.337 e. The Hall–Kier alpha value is -1.85. The molecule has 1 N–H and O–H groups in total. The molecule has 0 spiro atoms. The molecule has 3 rings (SSSR count). The first-order valence-electron chi connectivity index (χ1n) is 7.07. The lowest BCUT2D eigenvalue weighted by Gasteiger charge is -2.36. The van der Waals surface area contributed by atoms with Crippen molar-refractivity contribution in [3.05, 3.63) is 18.0 Å². The third kappa shape index (κ3) is 2.30. The van der Waals surface area contributed by atoms with E-state index in [1.165, 1.54) is 0 Å². The van der Waals surface area contributed by atoms with E-state index < -0.39 is 0 Å². The quantitative estimate of drug-likeness (QED) is 0.830. The number of aromatic nitrogens is 2. The van der Waals surface area contributed by atoms with E-state index in [2.05, 4.69) is 41.0 Å². The Bertz CT molecular complexity index is 507. The fourth-order valence-electron chi connectivity index (χ4n) is 2.66. The zero-order valence-electron chi connectivity index (χ0n) is 12.3. The molecule has 0 radical (unpaired) electrons. The minimum absolute atomic E-state index is 0.0543. The first-order chi connectivity index (χ1) is 9.45. The van der Waals surface area contributed by atoms with Crippen LogP contribution in [0.15, 0.2) is 12.4 Å².